The van der Waals surface area contributed by atoms with Gasteiger partial charge in [0.2, 0.25) is 17.6 Å². The summed E-state index contributed by atoms with van der Waals surface area (Å²) in [6.45, 7) is 2.39. The second-order valence-corrected chi connectivity index (χ2v) is 12.4. The number of nitrogens with zero attached hydrogens (tertiary/aromatic N) is 4. The number of piperazine rings is 1. The zero-order chi connectivity index (χ0) is 33.8. The van der Waals surface area contributed by atoms with Crippen LogP contribution in [-0.2, 0) is 23.2 Å². The van der Waals surface area contributed by atoms with Gasteiger partial charge >= 0.3 is 6.09 Å². The lowest BCUT2D eigenvalue weighted by Gasteiger charge is -2.39. The van der Waals surface area contributed by atoms with Gasteiger partial charge in [-0.2, -0.15) is 4.39 Å². The lowest BCUT2D eigenvalue weighted by Crippen LogP contribution is -2.59. The summed E-state index contributed by atoms with van der Waals surface area (Å²) in [5.41, 5.74) is 1.30. The number of likely N-dealkylation sites (N-methyl/N-ethyl adjacent to an activating group) is 1. The van der Waals surface area contributed by atoms with Gasteiger partial charge < -0.3 is 29.5 Å². The molecule has 47 heavy (non-hydrogen) atoms. The van der Waals surface area contributed by atoms with Crippen molar-refractivity contribution >= 4 is 34.7 Å². The molecule has 2 atom stereocenters. The van der Waals surface area contributed by atoms with Crippen LogP contribution in [0.3, 0.4) is 0 Å². The second kappa shape index (κ2) is 14.4. The summed E-state index contributed by atoms with van der Waals surface area (Å²) in [5, 5.41) is 12.4. The molecule has 0 bridgehead atoms. The van der Waals surface area contributed by atoms with Crippen LogP contribution in [-0.4, -0.2) is 93.5 Å². The van der Waals surface area contributed by atoms with Crippen molar-refractivity contribution in [1.29, 1.82) is 0 Å². The Balaban J connectivity index is 1.29. The minimum Gasteiger partial charge on any atom is -0.485 e. The van der Waals surface area contributed by atoms with Crippen molar-refractivity contribution in [2.75, 3.05) is 33.2 Å². The summed E-state index contributed by atoms with van der Waals surface area (Å²) < 4.78 is 36.8. The van der Waals surface area contributed by atoms with Crippen molar-refractivity contribution in [3.63, 3.8) is 0 Å². The van der Waals surface area contributed by atoms with Gasteiger partial charge in [-0.05, 0) is 37.3 Å². The first-order valence-electron chi connectivity index (χ1n) is 16.0. The third-order valence-electron chi connectivity index (χ3n) is 9.47. The first-order chi connectivity index (χ1) is 22.5. The average molecular weight is 654 g/mol. The highest BCUT2D eigenvalue weighted by molar-refractivity contribution is 6.00. The van der Waals surface area contributed by atoms with Crippen molar-refractivity contribution in [2.24, 2.45) is 13.0 Å². The maximum Gasteiger partial charge on any atom is 0.407 e. The summed E-state index contributed by atoms with van der Waals surface area (Å²) in [7, 11) is 2.91. The van der Waals surface area contributed by atoms with Gasteiger partial charge in [0.15, 0.2) is 11.6 Å². The highest BCUT2D eigenvalue weighted by Gasteiger charge is 2.37. The highest BCUT2D eigenvalue weighted by atomic mass is 19.2. The van der Waals surface area contributed by atoms with Gasteiger partial charge in [-0.15, -0.1) is 0 Å². The second-order valence-electron chi connectivity index (χ2n) is 12.4. The van der Waals surface area contributed by atoms with Crippen LogP contribution in [0.25, 0.3) is 10.9 Å². The monoisotopic (exact) mass is 653 g/mol. The molecule has 1 aliphatic carbocycles. The van der Waals surface area contributed by atoms with Crippen LogP contribution in [0, 0.1) is 17.6 Å². The highest BCUT2D eigenvalue weighted by Crippen LogP contribution is 2.34. The molecule has 1 aromatic heterocycles. The molecule has 1 aliphatic heterocycles. The van der Waals surface area contributed by atoms with E-state index in [4.69, 9.17) is 4.74 Å². The van der Waals surface area contributed by atoms with E-state index in [-0.39, 0.29) is 67.3 Å². The third-order valence-corrected chi connectivity index (χ3v) is 9.47. The largest absolute Gasteiger partial charge is 0.485 e. The maximum atomic E-state index is 15.0. The van der Waals surface area contributed by atoms with E-state index in [0.717, 1.165) is 48.6 Å². The summed E-state index contributed by atoms with van der Waals surface area (Å²) in [4.78, 5) is 56.1. The molecule has 0 radical (unpaired) electrons. The number of ether oxygens (including phenoxy) is 1. The molecule has 2 unspecified atom stereocenters. The third kappa shape index (κ3) is 7.18. The van der Waals surface area contributed by atoms with E-state index in [0.29, 0.717) is 5.52 Å². The Bertz CT molecular complexity index is 1630. The maximum absolute atomic E-state index is 15.0. The van der Waals surface area contributed by atoms with Gasteiger partial charge in [-0.3, -0.25) is 19.3 Å². The van der Waals surface area contributed by atoms with E-state index in [1.807, 2.05) is 30.3 Å². The van der Waals surface area contributed by atoms with Crippen LogP contribution < -0.4 is 10.1 Å². The lowest BCUT2D eigenvalue weighted by atomic mass is 9.83. The number of halogens is 2. The number of fused-ring (bicyclic) bond motifs is 1. The van der Waals surface area contributed by atoms with Crippen LogP contribution in [0.5, 0.6) is 5.75 Å². The van der Waals surface area contributed by atoms with Crippen LogP contribution >= 0.6 is 0 Å². The predicted molar refractivity (Wildman–Crippen MR) is 170 cm³/mol. The van der Waals surface area contributed by atoms with Crippen molar-refractivity contribution in [1.82, 2.24) is 24.6 Å². The smallest absolute Gasteiger partial charge is 0.407 e. The van der Waals surface area contributed by atoms with E-state index in [2.05, 4.69) is 5.32 Å². The molecule has 3 aromatic rings. The van der Waals surface area contributed by atoms with E-state index in [1.165, 1.54) is 24.6 Å². The molecule has 1 saturated carbocycles. The Labute approximate surface area is 272 Å². The number of hydrogen-bond acceptors (Lipinski definition) is 5. The van der Waals surface area contributed by atoms with Gasteiger partial charge in [0.1, 0.15) is 24.4 Å². The summed E-state index contributed by atoms with van der Waals surface area (Å²) in [5.74, 6) is -3.70. The summed E-state index contributed by atoms with van der Waals surface area (Å²) >= 11 is 0. The number of aromatic nitrogens is 1. The Kier molecular flexibility index (Phi) is 10.3. The molecule has 2 N–H and O–H groups in total. The Morgan fingerprint density at radius 1 is 1.00 bits per heavy atom. The molecule has 2 aliphatic rings. The number of carbonyl (C=O) groups is 4. The van der Waals surface area contributed by atoms with Gasteiger partial charge in [0.05, 0.1) is 5.52 Å². The molecule has 0 spiro atoms. The van der Waals surface area contributed by atoms with Crippen molar-refractivity contribution in [2.45, 2.75) is 57.7 Å². The molecule has 2 aromatic carbocycles. The molecule has 2 fully saturated rings. The van der Waals surface area contributed by atoms with Crippen molar-refractivity contribution in [3.8, 4) is 5.75 Å². The number of hydrogen-bond donors (Lipinski definition) is 2. The van der Waals surface area contributed by atoms with Gasteiger partial charge in [-0.25, -0.2) is 9.18 Å². The van der Waals surface area contributed by atoms with Crippen LogP contribution in [0.1, 0.15) is 55.1 Å². The molecule has 11 nitrogen and oxygen atoms in total. The first-order valence-corrected chi connectivity index (χ1v) is 16.0. The van der Waals surface area contributed by atoms with Gasteiger partial charge in [0.25, 0.3) is 5.91 Å². The average Bonchev–Trinajstić information content (AvgIpc) is 3.41. The van der Waals surface area contributed by atoms with Crippen molar-refractivity contribution in [3.05, 3.63) is 65.4 Å². The van der Waals surface area contributed by atoms with E-state index >= 15 is 0 Å². The molecule has 4 amide bonds. The molecule has 5 rings (SSSR count). The SMILES string of the molecule is CC(C(=O)NC(C(=O)N1CCN(C(=O)c2cc3c(OCc4ccccc4)c(F)c(F)cc3n2C)CC1)C1CCCCC1)N(C)C(=O)O. The topological polar surface area (TPSA) is 124 Å². The fraction of sp³-hybridized carbons (Fsp3) is 0.471. The van der Waals surface area contributed by atoms with Crippen molar-refractivity contribution < 1.29 is 37.8 Å². The molecule has 13 heteroatoms. The summed E-state index contributed by atoms with van der Waals surface area (Å²) in [6, 6.07) is 9.86. The Morgan fingerprint density at radius 3 is 2.28 bits per heavy atom. The number of aryl methyl sites for hydroxylation is 1. The van der Waals surface area contributed by atoms with E-state index in [1.54, 1.807) is 16.8 Å². The number of carboxylic acid groups (broad SMARTS) is 1. The number of rotatable bonds is 9. The van der Waals surface area contributed by atoms with Crippen LogP contribution in [0.4, 0.5) is 13.6 Å². The van der Waals surface area contributed by atoms with Gasteiger partial charge in [-0.1, -0.05) is 49.6 Å². The zero-order valence-corrected chi connectivity index (χ0v) is 26.9. The summed E-state index contributed by atoms with van der Waals surface area (Å²) in [6.07, 6.45) is 3.24. The number of amides is 4. The number of benzene rings is 2. The van der Waals surface area contributed by atoms with E-state index in [9.17, 15) is 33.1 Å². The number of nitrogens with one attached hydrogen (secondary N) is 1. The Morgan fingerprint density at radius 2 is 1.64 bits per heavy atom. The quantitative estimate of drug-likeness (QED) is 0.353. The van der Waals surface area contributed by atoms with Crippen LogP contribution in [0.15, 0.2) is 42.5 Å². The van der Waals surface area contributed by atoms with Gasteiger partial charge in [0, 0.05) is 51.7 Å². The molecular formula is C34H41F2N5O6. The predicted octanol–water partition coefficient (Wildman–Crippen LogP) is 4.38. The normalized spacial score (nSPS) is 16.9. The zero-order valence-electron chi connectivity index (χ0n) is 26.9. The fourth-order valence-corrected chi connectivity index (χ4v) is 6.41. The minimum absolute atomic E-state index is 0.0158. The molecule has 1 saturated heterocycles. The fourth-order valence-electron chi connectivity index (χ4n) is 6.41. The molecule has 2 heterocycles. The molecular weight excluding hydrogens is 612 g/mol. The molecule has 252 valence electrons. The first kappa shape index (κ1) is 33.7. The Hall–Kier alpha value is -4.68. The minimum atomic E-state index is -1.24. The number of carbonyl (C=O) groups excluding carboxylic acids is 3. The standard InChI is InChI=1S/C34H41F2N5O6/c1-21(38(2)34(45)46)31(42)37-29(23-12-8-5-9-13-23)33(44)41-16-14-40(15-17-41)32(43)27-18-24-26(39(27)3)19-25(35)28(36)30(24)47-20-22-10-6-4-7-11-22/h4,6-7,10-11,18-19,21,23,29H,5,8-9,12-17,20H2,1-3H3,(H,37,42)(H,45,46). The lowest BCUT2D eigenvalue weighted by molar-refractivity contribution is -0.140. The van der Waals surface area contributed by atoms with E-state index < -0.39 is 35.7 Å². The van der Waals surface area contributed by atoms with Crippen LogP contribution in [0.2, 0.25) is 0 Å².